The van der Waals surface area contributed by atoms with Crippen LogP contribution in [0.2, 0.25) is 0 Å². The molecule has 0 aliphatic heterocycles. The van der Waals surface area contributed by atoms with E-state index in [2.05, 4.69) is 5.10 Å². The molecular weight excluding hydrogens is 170 g/mol. The predicted molar refractivity (Wildman–Crippen MR) is 47.1 cm³/mol. The van der Waals surface area contributed by atoms with Gasteiger partial charge in [0.15, 0.2) is 0 Å². The lowest BCUT2D eigenvalue weighted by Gasteiger charge is -2.10. The van der Waals surface area contributed by atoms with E-state index in [1.54, 1.807) is 17.9 Å². The van der Waals surface area contributed by atoms with E-state index >= 15 is 0 Å². The number of rotatable bonds is 3. The monoisotopic (exact) mass is 183 g/mol. The maximum atomic E-state index is 10.4. The molecule has 0 saturated carbocycles. The van der Waals surface area contributed by atoms with E-state index in [9.17, 15) is 4.79 Å². The van der Waals surface area contributed by atoms with Crippen molar-refractivity contribution in [1.82, 2.24) is 9.78 Å². The van der Waals surface area contributed by atoms with Gasteiger partial charge in [0.25, 0.3) is 0 Å². The highest BCUT2D eigenvalue weighted by Crippen LogP contribution is 2.16. The van der Waals surface area contributed by atoms with E-state index in [1.807, 2.05) is 6.92 Å². The highest BCUT2D eigenvalue weighted by molar-refractivity contribution is 5.67. The fourth-order valence-corrected chi connectivity index (χ4v) is 1.37. The molecule has 0 spiro atoms. The van der Waals surface area contributed by atoms with Crippen molar-refractivity contribution >= 4 is 5.97 Å². The molecule has 3 N–H and O–H groups in total. The van der Waals surface area contributed by atoms with Gasteiger partial charge in [-0.15, -0.1) is 0 Å². The van der Waals surface area contributed by atoms with Gasteiger partial charge in [-0.1, -0.05) is 0 Å². The standard InChI is InChI=1S/C8H13N3O2/c1-5-4-10-11(2)8(5)6(9)3-7(12)13/h4,6H,3,9H2,1-2H3,(H,12,13)/t6-/m0/s1. The van der Waals surface area contributed by atoms with Crippen LogP contribution in [-0.4, -0.2) is 20.9 Å². The summed E-state index contributed by atoms with van der Waals surface area (Å²) in [4.78, 5) is 10.4. The van der Waals surface area contributed by atoms with Gasteiger partial charge in [-0.05, 0) is 12.5 Å². The Kier molecular flexibility index (Phi) is 2.67. The molecule has 1 aromatic heterocycles. The molecule has 0 radical (unpaired) electrons. The summed E-state index contributed by atoms with van der Waals surface area (Å²) in [5.74, 6) is -0.895. The van der Waals surface area contributed by atoms with Crippen LogP contribution < -0.4 is 5.73 Å². The highest BCUT2D eigenvalue weighted by Gasteiger charge is 2.16. The van der Waals surface area contributed by atoms with E-state index in [-0.39, 0.29) is 6.42 Å². The Bertz CT molecular complexity index is 300. The molecule has 0 aliphatic carbocycles. The van der Waals surface area contributed by atoms with Crippen molar-refractivity contribution < 1.29 is 9.90 Å². The van der Waals surface area contributed by atoms with Crippen molar-refractivity contribution in [3.8, 4) is 0 Å². The number of hydrogen-bond acceptors (Lipinski definition) is 3. The predicted octanol–water partition coefficient (Wildman–Crippen LogP) is 0.203. The molecule has 0 unspecified atom stereocenters. The number of aryl methyl sites for hydroxylation is 2. The van der Waals surface area contributed by atoms with Crippen LogP contribution in [-0.2, 0) is 11.8 Å². The van der Waals surface area contributed by atoms with E-state index in [0.29, 0.717) is 0 Å². The number of nitrogens with two attached hydrogens (primary N) is 1. The van der Waals surface area contributed by atoms with Crippen LogP contribution in [0, 0.1) is 6.92 Å². The van der Waals surface area contributed by atoms with Crippen LogP contribution in [0.25, 0.3) is 0 Å². The van der Waals surface area contributed by atoms with Crippen molar-refractivity contribution in [2.24, 2.45) is 12.8 Å². The molecule has 0 amide bonds. The molecule has 72 valence electrons. The normalized spacial score (nSPS) is 12.8. The Morgan fingerprint density at radius 3 is 2.85 bits per heavy atom. The largest absolute Gasteiger partial charge is 0.481 e. The number of carbonyl (C=O) groups is 1. The number of hydrogen-bond donors (Lipinski definition) is 2. The third kappa shape index (κ3) is 2.06. The Balaban J connectivity index is 2.87. The molecule has 0 fully saturated rings. The maximum absolute atomic E-state index is 10.4. The summed E-state index contributed by atoms with van der Waals surface area (Å²) in [6.07, 6.45) is 1.61. The van der Waals surface area contributed by atoms with Gasteiger partial charge in [0.05, 0.1) is 24.4 Å². The van der Waals surface area contributed by atoms with Crippen molar-refractivity contribution in [2.75, 3.05) is 0 Å². The van der Waals surface area contributed by atoms with Crippen LogP contribution in [0.15, 0.2) is 6.20 Å². The second kappa shape index (κ2) is 3.57. The number of nitrogens with zero attached hydrogens (tertiary/aromatic N) is 2. The van der Waals surface area contributed by atoms with Crippen molar-refractivity contribution in [3.05, 3.63) is 17.5 Å². The minimum absolute atomic E-state index is 0.0691. The molecule has 0 saturated heterocycles. The molecule has 13 heavy (non-hydrogen) atoms. The zero-order valence-corrected chi connectivity index (χ0v) is 7.69. The second-order valence-electron chi connectivity index (χ2n) is 3.04. The zero-order chi connectivity index (χ0) is 10.0. The number of carboxylic acid groups (broad SMARTS) is 1. The van der Waals surface area contributed by atoms with Crippen molar-refractivity contribution in [1.29, 1.82) is 0 Å². The minimum atomic E-state index is -0.895. The van der Waals surface area contributed by atoms with Gasteiger partial charge in [0, 0.05) is 7.05 Å². The molecule has 5 heteroatoms. The van der Waals surface area contributed by atoms with E-state index in [1.165, 1.54) is 0 Å². The topological polar surface area (TPSA) is 81.1 Å². The summed E-state index contributed by atoms with van der Waals surface area (Å²) < 4.78 is 1.61. The summed E-state index contributed by atoms with van der Waals surface area (Å²) in [7, 11) is 1.75. The molecule has 1 heterocycles. The Hall–Kier alpha value is -1.36. The average molecular weight is 183 g/mol. The molecule has 1 atom stereocenters. The SMILES string of the molecule is Cc1cnn(C)c1[C@@H](N)CC(=O)O. The van der Waals surface area contributed by atoms with Crippen molar-refractivity contribution in [3.63, 3.8) is 0 Å². The first-order chi connectivity index (χ1) is 6.02. The van der Waals surface area contributed by atoms with Gasteiger partial charge in [-0.25, -0.2) is 0 Å². The Morgan fingerprint density at radius 1 is 1.85 bits per heavy atom. The van der Waals surface area contributed by atoms with Crippen LogP contribution in [0.5, 0.6) is 0 Å². The summed E-state index contributed by atoms with van der Waals surface area (Å²) >= 11 is 0. The number of aliphatic carboxylic acids is 1. The second-order valence-corrected chi connectivity index (χ2v) is 3.04. The minimum Gasteiger partial charge on any atom is -0.481 e. The third-order valence-corrected chi connectivity index (χ3v) is 1.92. The zero-order valence-electron chi connectivity index (χ0n) is 7.69. The van der Waals surface area contributed by atoms with Crippen LogP contribution in [0.1, 0.15) is 23.7 Å². The number of aromatic nitrogens is 2. The molecule has 0 aromatic carbocycles. The molecule has 0 bridgehead atoms. The average Bonchev–Trinajstić information content (AvgIpc) is 2.29. The summed E-state index contributed by atoms with van der Waals surface area (Å²) in [6.45, 7) is 1.87. The first kappa shape index (κ1) is 9.73. The van der Waals surface area contributed by atoms with Gasteiger partial charge in [0.1, 0.15) is 0 Å². The fourth-order valence-electron chi connectivity index (χ4n) is 1.37. The van der Waals surface area contributed by atoms with Gasteiger partial charge in [-0.2, -0.15) is 5.10 Å². The summed E-state index contributed by atoms with van der Waals surface area (Å²) in [5.41, 5.74) is 7.41. The Labute approximate surface area is 76.2 Å². The quantitative estimate of drug-likeness (QED) is 0.701. The lowest BCUT2D eigenvalue weighted by atomic mass is 10.1. The van der Waals surface area contributed by atoms with Gasteiger partial charge >= 0.3 is 5.97 Å². The molecule has 5 nitrogen and oxygen atoms in total. The summed E-state index contributed by atoms with van der Waals surface area (Å²) in [6, 6.07) is -0.481. The molecule has 0 aliphatic rings. The van der Waals surface area contributed by atoms with E-state index < -0.39 is 12.0 Å². The smallest absolute Gasteiger partial charge is 0.305 e. The van der Waals surface area contributed by atoms with Gasteiger partial charge < -0.3 is 10.8 Å². The molecular formula is C8H13N3O2. The highest BCUT2D eigenvalue weighted by atomic mass is 16.4. The third-order valence-electron chi connectivity index (χ3n) is 1.92. The van der Waals surface area contributed by atoms with Crippen LogP contribution in [0.3, 0.4) is 0 Å². The first-order valence-corrected chi connectivity index (χ1v) is 3.98. The Morgan fingerprint density at radius 2 is 2.46 bits per heavy atom. The van der Waals surface area contributed by atoms with E-state index in [4.69, 9.17) is 10.8 Å². The van der Waals surface area contributed by atoms with Crippen LogP contribution in [0.4, 0.5) is 0 Å². The maximum Gasteiger partial charge on any atom is 0.305 e. The van der Waals surface area contributed by atoms with E-state index in [0.717, 1.165) is 11.3 Å². The van der Waals surface area contributed by atoms with Crippen LogP contribution >= 0.6 is 0 Å². The lowest BCUT2D eigenvalue weighted by molar-refractivity contribution is -0.137. The first-order valence-electron chi connectivity index (χ1n) is 3.98. The molecule has 1 aromatic rings. The molecule has 1 rings (SSSR count). The van der Waals surface area contributed by atoms with Crippen molar-refractivity contribution in [2.45, 2.75) is 19.4 Å². The van der Waals surface area contributed by atoms with Gasteiger partial charge in [0.2, 0.25) is 0 Å². The fraction of sp³-hybridized carbons (Fsp3) is 0.500. The lowest BCUT2D eigenvalue weighted by Crippen LogP contribution is -2.19. The number of carboxylic acids is 1. The summed E-state index contributed by atoms with van der Waals surface area (Å²) in [5, 5.41) is 12.5. The van der Waals surface area contributed by atoms with Gasteiger partial charge in [-0.3, -0.25) is 9.48 Å².